The highest BCUT2D eigenvalue weighted by Crippen LogP contribution is 2.33. The van der Waals surface area contributed by atoms with Crippen LogP contribution < -0.4 is 10.6 Å². The van der Waals surface area contributed by atoms with Gasteiger partial charge in [0.05, 0.1) is 17.8 Å². The number of nitrogens with zero attached hydrogens (tertiary/aromatic N) is 4. The summed E-state index contributed by atoms with van der Waals surface area (Å²) < 4.78 is 0. The number of hydrogen-bond acceptors (Lipinski definition) is 6. The predicted octanol–water partition coefficient (Wildman–Crippen LogP) is 4.41. The Balaban J connectivity index is 1.17. The van der Waals surface area contributed by atoms with Gasteiger partial charge in [0, 0.05) is 60.0 Å². The zero-order chi connectivity index (χ0) is 24.5. The Morgan fingerprint density at radius 3 is 2.72 bits per heavy atom. The second-order valence-electron chi connectivity index (χ2n) is 9.06. The van der Waals surface area contributed by atoms with E-state index in [1.54, 1.807) is 12.4 Å². The van der Waals surface area contributed by atoms with Crippen molar-refractivity contribution in [1.29, 1.82) is 0 Å². The van der Waals surface area contributed by atoms with Gasteiger partial charge in [-0.15, -0.1) is 0 Å². The van der Waals surface area contributed by atoms with Crippen molar-refractivity contribution in [3.05, 3.63) is 95.9 Å². The number of aromatic nitrogens is 3. The number of carbonyl (C=O) groups excluding carboxylic acids is 2. The maximum Gasteiger partial charge on any atom is 0.253 e. The zero-order valence-electron chi connectivity index (χ0n) is 19.5. The third kappa shape index (κ3) is 4.29. The van der Waals surface area contributed by atoms with E-state index in [0.29, 0.717) is 24.0 Å². The predicted molar refractivity (Wildman–Crippen MR) is 137 cm³/mol. The number of para-hydroxylation sites is 1. The molecule has 1 unspecified atom stereocenters. The first-order chi connectivity index (χ1) is 17.6. The summed E-state index contributed by atoms with van der Waals surface area (Å²) in [6.45, 7) is 1.44. The molecule has 4 heterocycles. The molecule has 0 bridgehead atoms. The Hall–Kier alpha value is -4.59. The Labute approximate surface area is 208 Å². The molecule has 6 rings (SSSR count). The van der Waals surface area contributed by atoms with Gasteiger partial charge in [0.15, 0.2) is 0 Å². The smallest absolute Gasteiger partial charge is 0.253 e. The van der Waals surface area contributed by atoms with E-state index in [2.05, 4.69) is 26.7 Å². The normalized spacial score (nSPS) is 16.5. The van der Waals surface area contributed by atoms with E-state index < -0.39 is 0 Å². The minimum atomic E-state index is -0.0875. The molecule has 8 heteroatoms. The minimum Gasteiger partial charge on any atom is -0.338 e. The van der Waals surface area contributed by atoms with Gasteiger partial charge in [-0.1, -0.05) is 24.3 Å². The molecule has 2 aromatic heterocycles. The summed E-state index contributed by atoms with van der Waals surface area (Å²) in [6, 6.07) is 19.0. The molecule has 178 valence electrons. The van der Waals surface area contributed by atoms with Gasteiger partial charge in [-0.25, -0.2) is 9.97 Å². The van der Waals surface area contributed by atoms with Crippen molar-refractivity contribution in [2.75, 3.05) is 23.7 Å². The number of rotatable bonds is 4. The van der Waals surface area contributed by atoms with Crippen molar-refractivity contribution in [3.63, 3.8) is 0 Å². The number of nitrogens with one attached hydrogen (secondary N) is 2. The Morgan fingerprint density at radius 2 is 1.89 bits per heavy atom. The van der Waals surface area contributed by atoms with E-state index in [1.165, 1.54) is 5.56 Å². The van der Waals surface area contributed by atoms with Crippen molar-refractivity contribution in [2.45, 2.75) is 18.8 Å². The maximum absolute atomic E-state index is 13.1. The van der Waals surface area contributed by atoms with Crippen LogP contribution in [0.15, 0.2) is 79.3 Å². The molecule has 2 amide bonds. The first-order valence-electron chi connectivity index (χ1n) is 12.0. The molecular formula is C28H24N6O2. The maximum atomic E-state index is 13.1. The van der Waals surface area contributed by atoms with E-state index >= 15 is 0 Å². The molecule has 2 aliphatic heterocycles. The molecule has 36 heavy (non-hydrogen) atoms. The van der Waals surface area contributed by atoms with Gasteiger partial charge in [-0.3, -0.25) is 14.6 Å². The fourth-order valence-electron chi connectivity index (χ4n) is 4.84. The van der Waals surface area contributed by atoms with Crippen LogP contribution in [-0.4, -0.2) is 44.8 Å². The fraction of sp³-hybridized carbons (Fsp3) is 0.179. The van der Waals surface area contributed by atoms with Gasteiger partial charge in [0.25, 0.3) is 5.91 Å². The van der Waals surface area contributed by atoms with E-state index in [0.717, 1.165) is 41.2 Å². The second kappa shape index (κ2) is 9.22. The number of carbonyl (C=O) groups is 2. The highest BCUT2D eigenvalue weighted by atomic mass is 16.2. The highest BCUT2D eigenvalue weighted by Gasteiger charge is 2.28. The summed E-state index contributed by atoms with van der Waals surface area (Å²) in [6.07, 6.45) is 6.51. The lowest BCUT2D eigenvalue weighted by molar-refractivity contribution is -0.115. The summed E-state index contributed by atoms with van der Waals surface area (Å²) in [5, 5.41) is 6.15. The number of anilines is 3. The third-order valence-electron chi connectivity index (χ3n) is 6.69. The van der Waals surface area contributed by atoms with Gasteiger partial charge in [0.1, 0.15) is 0 Å². The molecule has 2 aliphatic rings. The number of likely N-dealkylation sites (tertiary alicyclic amines) is 1. The molecule has 8 nitrogen and oxygen atoms in total. The van der Waals surface area contributed by atoms with Crippen molar-refractivity contribution in [2.24, 2.45) is 0 Å². The third-order valence-corrected chi connectivity index (χ3v) is 6.69. The van der Waals surface area contributed by atoms with Crippen LogP contribution in [0.25, 0.3) is 11.3 Å². The zero-order valence-corrected chi connectivity index (χ0v) is 19.5. The van der Waals surface area contributed by atoms with Crippen LogP contribution in [-0.2, 0) is 11.2 Å². The first kappa shape index (κ1) is 21.9. The minimum absolute atomic E-state index is 0.0306. The van der Waals surface area contributed by atoms with E-state index in [4.69, 9.17) is 4.98 Å². The van der Waals surface area contributed by atoms with Crippen LogP contribution in [0.4, 0.5) is 17.3 Å². The molecule has 1 fully saturated rings. The molecule has 0 radical (unpaired) electrons. The molecule has 2 N–H and O–H groups in total. The summed E-state index contributed by atoms with van der Waals surface area (Å²) in [5.41, 5.74) is 5.70. The first-order valence-corrected chi connectivity index (χ1v) is 12.0. The van der Waals surface area contributed by atoms with Crippen molar-refractivity contribution in [1.82, 2.24) is 19.9 Å². The number of hydrogen-bond donors (Lipinski definition) is 2. The lowest BCUT2D eigenvalue weighted by Crippen LogP contribution is -2.28. The summed E-state index contributed by atoms with van der Waals surface area (Å²) >= 11 is 0. The van der Waals surface area contributed by atoms with Crippen molar-refractivity contribution >= 4 is 29.1 Å². The van der Waals surface area contributed by atoms with E-state index in [1.807, 2.05) is 65.7 Å². The largest absolute Gasteiger partial charge is 0.338 e. The van der Waals surface area contributed by atoms with Crippen LogP contribution in [0.5, 0.6) is 0 Å². The molecule has 0 spiro atoms. The van der Waals surface area contributed by atoms with Crippen LogP contribution in [0.1, 0.15) is 33.8 Å². The highest BCUT2D eigenvalue weighted by molar-refractivity contribution is 6.00. The van der Waals surface area contributed by atoms with E-state index in [-0.39, 0.29) is 18.2 Å². The number of amides is 2. The van der Waals surface area contributed by atoms with Crippen LogP contribution in [0.2, 0.25) is 0 Å². The summed E-state index contributed by atoms with van der Waals surface area (Å²) in [7, 11) is 0. The van der Waals surface area contributed by atoms with Gasteiger partial charge >= 0.3 is 0 Å². The monoisotopic (exact) mass is 476 g/mol. The molecular weight excluding hydrogens is 452 g/mol. The average Bonchev–Trinajstić information content (AvgIpc) is 3.36. The number of pyridine rings is 1. The quantitative estimate of drug-likeness (QED) is 0.453. The van der Waals surface area contributed by atoms with Crippen molar-refractivity contribution in [3.8, 4) is 11.3 Å². The van der Waals surface area contributed by atoms with Gasteiger partial charge in [0.2, 0.25) is 11.9 Å². The Morgan fingerprint density at radius 1 is 1.03 bits per heavy atom. The average molecular weight is 477 g/mol. The summed E-state index contributed by atoms with van der Waals surface area (Å²) in [4.78, 5) is 40.5. The van der Waals surface area contributed by atoms with Crippen LogP contribution >= 0.6 is 0 Å². The number of fused-ring (bicyclic) bond motifs is 3. The standard InChI is InChI=1S/C28H24N6O2/c35-25-14-21-16-30-28(33-26(21)23-5-1-2-6-24(23)32-25)31-22-9-7-18(8-10-22)27(36)34-13-11-20(17-34)19-4-3-12-29-15-19/h1-10,12,15-16,20H,11,13-14,17H2,(H,32,35)(H,30,31,33). The van der Waals surface area contributed by atoms with Gasteiger partial charge in [-0.2, -0.15) is 0 Å². The Bertz CT molecular complexity index is 1440. The molecule has 0 aliphatic carbocycles. The van der Waals surface area contributed by atoms with Gasteiger partial charge < -0.3 is 15.5 Å². The van der Waals surface area contributed by atoms with Crippen LogP contribution in [0.3, 0.4) is 0 Å². The fourth-order valence-corrected chi connectivity index (χ4v) is 4.84. The SMILES string of the molecule is O=C1Cc2cnc(Nc3ccc(C(=O)N4CCC(c5cccnc5)C4)cc3)nc2-c2ccccc2N1. The lowest BCUT2D eigenvalue weighted by atomic mass is 10.0. The van der Waals surface area contributed by atoms with Gasteiger partial charge in [-0.05, 0) is 48.4 Å². The topological polar surface area (TPSA) is 100 Å². The number of benzene rings is 2. The van der Waals surface area contributed by atoms with Crippen LogP contribution in [0, 0.1) is 0 Å². The summed E-state index contributed by atoms with van der Waals surface area (Å²) in [5.74, 6) is 0.693. The molecule has 0 saturated carbocycles. The Kier molecular flexibility index (Phi) is 5.61. The second-order valence-corrected chi connectivity index (χ2v) is 9.06. The molecule has 1 atom stereocenters. The molecule has 4 aromatic rings. The van der Waals surface area contributed by atoms with Crippen molar-refractivity contribution < 1.29 is 9.59 Å². The van der Waals surface area contributed by atoms with E-state index in [9.17, 15) is 9.59 Å². The molecule has 2 aromatic carbocycles. The lowest BCUT2D eigenvalue weighted by Gasteiger charge is -2.17. The molecule has 1 saturated heterocycles.